The van der Waals surface area contributed by atoms with Crippen LogP contribution in [-0.2, 0) is 13.0 Å². The van der Waals surface area contributed by atoms with Gasteiger partial charge in [0, 0.05) is 18.5 Å². The largest absolute Gasteiger partial charge is 0.497 e. The summed E-state index contributed by atoms with van der Waals surface area (Å²) < 4.78 is 10.9. The molecular formula is C24H24N2O3S. The van der Waals surface area contributed by atoms with Crippen molar-refractivity contribution in [2.75, 3.05) is 13.7 Å². The van der Waals surface area contributed by atoms with Gasteiger partial charge in [-0.15, -0.1) is 0 Å². The topological polar surface area (TPSA) is 59.6 Å². The highest BCUT2D eigenvalue weighted by molar-refractivity contribution is 7.80. The van der Waals surface area contributed by atoms with Gasteiger partial charge in [0.1, 0.15) is 11.5 Å². The molecule has 0 atom stereocenters. The van der Waals surface area contributed by atoms with E-state index in [0.29, 0.717) is 24.5 Å². The minimum absolute atomic E-state index is 0.270. The molecule has 3 rings (SSSR count). The molecule has 0 aliphatic heterocycles. The van der Waals surface area contributed by atoms with Crippen LogP contribution in [-0.4, -0.2) is 24.7 Å². The van der Waals surface area contributed by atoms with E-state index in [9.17, 15) is 4.79 Å². The fourth-order valence-electron chi connectivity index (χ4n) is 2.80. The van der Waals surface area contributed by atoms with Crippen molar-refractivity contribution >= 4 is 23.2 Å². The van der Waals surface area contributed by atoms with Crippen LogP contribution in [0.5, 0.6) is 11.5 Å². The maximum absolute atomic E-state index is 12.5. The SMILES string of the molecule is COc1ccc(CNC(=S)NC(=O)c2cccc(OCCc3ccccc3)c2)cc1. The summed E-state index contributed by atoms with van der Waals surface area (Å²) in [5.74, 6) is 1.16. The molecule has 30 heavy (non-hydrogen) atoms. The molecule has 0 aliphatic rings. The minimum atomic E-state index is -0.282. The quantitative estimate of drug-likeness (QED) is 0.537. The molecule has 0 spiro atoms. The monoisotopic (exact) mass is 420 g/mol. The number of amides is 1. The average molecular weight is 421 g/mol. The molecule has 1 amide bonds. The second-order valence-electron chi connectivity index (χ2n) is 6.60. The van der Waals surface area contributed by atoms with Gasteiger partial charge in [0.25, 0.3) is 5.91 Å². The van der Waals surface area contributed by atoms with Gasteiger partial charge in [0.05, 0.1) is 13.7 Å². The zero-order chi connectivity index (χ0) is 21.2. The highest BCUT2D eigenvalue weighted by Gasteiger charge is 2.09. The standard InChI is InChI=1S/C24H24N2O3S/c1-28-21-12-10-19(11-13-21)17-25-24(30)26-23(27)20-8-5-9-22(16-20)29-15-14-18-6-3-2-4-7-18/h2-13,16H,14-15,17H2,1H3,(H2,25,26,27,30). The number of carbonyl (C=O) groups excluding carboxylic acids is 1. The van der Waals surface area contributed by atoms with E-state index in [1.807, 2.05) is 48.5 Å². The Morgan fingerprint density at radius 1 is 0.900 bits per heavy atom. The van der Waals surface area contributed by atoms with Crippen LogP contribution in [0.4, 0.5) is 0 Å². The van der Waals surface area contributed by atoms with Crippen molar-refractivity contribution in [1.82, 2.24) is 10.6 Å². The van der Waals surface area contributed by atoms with Crippen LogP contribution in [0.3, 0.4) is 0 Å². The lowest BCUT2D eigenvalue weighted by Gasteiger charge is -2.11. The summed E-state index contributed by atoms with van der Waals surface area (Å²) in [6.07, 6.45) is 0.802. The van der Waals surface area contributed by atoms with Crippen LogP contribution >= 0.6 is 12.2 Å². The van der Waals surface area contributed by atoms with E-state index >= 15 is 0 Å². The number of ether oxygens (including phenoxy) is 2. The van der Waals surface area contributed by atoms with E-state index in [4.69, 9.17) is 21.7 Å². The lowest BCUT2D eigenvalue weighted by atomic mass is 10.2. The van der Waals surface area contributed by atoms with E-state index in [1.165, 1.54) is 5.56 Å². The number of rotatable bonds is 8. The van der Waals surface area contributed by atoms with Gasteiger partial charge in [0.15, 0.2) is 5.11 Å². The molecule has 154 valence electrons. The second kappa shape index (κ2) is 11.0. The molecule has 6 heteroatoms. The first kappa shape index (κ1) is 21.3. The fourth-order valence-corrected chi connectivity index (χ4v) is 2.97. The molecular weight excluding hydrogens is 396 g/mol. The zero-order valence-electron chi connectivity index (χ0n) is 16.8. The maximum atomic E-state index is 12.5. The van der Waals surface area contributed by atoms with Gasteiger partial charge in [-0.2, -0.15) is 0 Å². The summed E-state index contributed by atoms with van der Waals surface area (Å²) in [4.78, 5) is 12.5. The molecule has 0 radical (unpaired) electrons. The maximum Gasteiger partial charge on any atom is 0.257 e. The Morgan fingerprint density at radius 3 is 2.40 bits per heavy atom. The molecule has 0 heterocycles. The molecule has 5 nitrogen and oxygen atoms in total. The van der Waals surface area contributed by atoms with Gasteiger partial charge in [-0.1, -0.05) is 48.5 Å². The Labute approximate surface area is 182 Å². The summed E-state index contributed by atoms with van der Waals surface area (Å²) in [6.45, 7) is 1.04. The molecule has 0 aromatic heterocycles. The molecule has 0 aliphatic carbocycles. The van der Waals surface area contributed by atoms with Crippen LogP contribution in [0.1, 0.15) is 21.5 Å². The first-order chi connectivity index (χ1) is 14.6. The molecule has 0 fully saturated rings. The lowest BCUT2D eigenvalue weighted by Crippen LogP contribution is -2.38. The normalized spacial score (nSPS) is 10.2. The van der Waals surface area contributed by atoms with Crippen molar-refractivity contribution in [2.45, 2.75) is 13.0 Å². The Balaban J connectivity index is 1.47. The summed E-state index contributed by atoms with van der Waals surface area (Å²) >= 11 is 5.24. The van der Waals surface area contributed by atoms with Gasteiger partial charge in [0.2, 0.25) is 0 Å². The number of benzene rings is 3. The predicted octanol–water partition coefficient (Wildman–Crippen LogP) is 4.12. The van der Waals surface area contributed by atoms with Crippen molar-refractivity contribution < 1.29 is 14.3 Å². The fraction of sp³-hybridized carbons (Fsp3) is 0.167. The van der Waals surface area contributed by atoms with Crippen LogP contribution in [0.15, 0.2) is 78.9 Å². The number of hydrogen-bond donors (Lipinski definition) is 2. The summed E-state index contributed by atoms with van der Waals surface area (Å²) in [6, 6.07) is 24.8. The van der Waals surface area contributed by atoms with Gasteiger partial charge in [-0.25, -0.2) is 0 Å². The van der Waals surface area contributed by atoms with E-state index in [-0.39, 0.29) is 11.0 Å². The van der Waals surface area contributed by atoms with Gasteiger partial charge >= 0.3 is 0 Å². The van der Waals surface area contributed by atoms with Crippen molar-refractivity contribution in [3.05, 3.63) is 95.6 Å². The molecule has 0 saturated heterocycles. The first-order valence-electron chi connectivity index (χ1n) is 9.63. The third-order valence-electron chi connectivity index (χ3n) is 4.44. The number of carbonyl (C=O) groups is 1. The van der Waals surface area contributed by atoms with Crippen LogP contribution in [0.25, 0.3) is 0 Å². The number of nitrogens with one attached hydrogen (secondary N) is 2. The van der Waals surface area contributed by atoms with Crippen molar-refractivity contribution in [3.63, 3.8) is 0 Å². The Morgan fingerprint density at radius 2 is 1.67 bits per heavy atom. The molecule has 3 aromatic carbocycles. The van der Waals surface area contributed by atoms with Gasteiger partial charge < -0.3 is 14.8 Å². The van der Waals surface area contributed by atoms with Crippen molar-refractivity contribution in [1.29, 1.82) is 0 Å². The summed E-state index contributed by atoms with van der Waals surface area (Å²) in [7, 11) is 1.63. The highest BCUT2D eigenvalue weighted by Crippen LogP contribution is 2.14. The van der Waals surface area contributed by atoms with E-state index in [0.717, 1.165) is 17.7 Å². The van der Waals surface area contributed by atoms with Crippen LogP contribution < -0.4 is 20.1 Å². The van der Waals surface area contributed by atoms with Crippen molar-refractivity contribution in [2.24, 2.45) is 0 Å². The molecule has 3 aromatic rings. The zero-order valence-corrected chi connectivity index (χ0v) is 17.6. The Bertz CT molecular complexity index is 975. The summed E-state index contributed by atoms with van der Waals surface area (Å²) in [5.41, 5.74) is 2.72. The van der Waals surface area contributed by atoms with Gasteiger partial charge in [-0.05, 0) is 53.7 Å². The highest BCUT2D eigenvalue weighted by atomic mass is 32.1. The van der Waals surface area contributed by atoms with Crippen LogP contribution in [0, 0.1) is 0 Å². The third-order valence-corrected chi connectivity index (χ3v) is 4.68. The van der Waals surface area contributed by atoms with E-state index < -0.39 is 0 Å². The smallest absolute Gasteiger partial charge is 0.257 e. The number of thiocarbonyl (C=S) groups is 1. The number of hydrogen-bond acceptors (Lipinski definition) is 4. The number of methoxy groups -OCH3 is 1. The average Bonchev–Trinajstić information content (AvgIpc) is 2.79. The van der Waals surface area contributed by atoms with E-state index in [1.54, 1.807) is 25.3 Å². The Hall–Kier alpha value is -3.38. The molecule has 0 unspecified atom stereocenters. The summed E-state index contributed by atoms with van der Waals surface area (Å²) in [5, 5.41) is 6.00. The van der Waals surface area contributed by atoms with E-state index in [2.05, 4.69) is 22.8 Å². The minimum Gasteiger partial charge on any atom is -0.497 e. The van der Waals surface area contributed by atoms with Crippen LogP contribution in [0.2, 0.25) is 0 Å². The molecule has 0 saturated carbocycles. The molecule has 2 N–H and O–H groups in total. The first-order valence-corrected chi connectivity index (χ1v) is 10.0. The molecule has 0 bridgehead atoms. The Kier molecular flexibility index (Phi) is 7.80. The van der Waals surface area contributed by atoms with Gasteiger partial charge in [-0.3, -0.25) is 10.1 Å². The third kappa shape index (κ3) is 6.60. The van der Waals surface area contributed by atoms with Crippen molar-refractivity contribution in [3.8, 4) is 11.5 Å². The predicted molar refractivity (Wildman–Crippen MR) is 122 cm³/mol. The second-order valence-corrected chi connectivity index (χ2v) is 7.01. The lowest BCUT2D eigenvalue weighted by molar-refractivity contribution is 0.0976.